The number of benzene rings is 2. The minimum Gasteiger partial charge on any atom is -0.478 e. The number of fused-ring (bicyclic) bond motifs is 1. The van der Waals surface area contributed by atoms with Gasteiger partial charge in [0.15, 0.2) is 0 Å². The molecule has 1 aromatic heterocycles. The van der Waals surface area contributed by atoms with E-state index in [-0.39, 0.29) is 17.5 Å². The zero-order valence-electron chi connectivity index (χ0n) is 16.5. The van der Waals surface area contributed by atoms with Crippen molar-refractivity contribution in [2.45, 2.75) is 45.2 Å². The molecule has 6 nitrogen and oxygen atoms in total. The maximum absolute atomic E-state index is 13.0. The minimum atomic E-state index is -0.939. The van der Waals surface area contributed by atoms with Crippen molar-refractivity contribution in [2.24, 2.45) is 0 Å². The Bertz CT molecular complexity index is 1040. The Balaban J connectivity index is 1.49. The highest BCUT2D eigenvalue weighted by molar-refractivity contribution is 5.87. The van der Waals surface area contributed by atoms with Gasteiger partial charge in [-0.1, -0.05) is 24.3 Å². The van der Waals surface area contributed by atoms with Crippen LogP contribution >= 0.6 is 0 Å². The molecule has 0 saturated carbocycles. The van der Waals surface area contributed by atoms with Gasteiger partial charge in [-0.25, -0.2) is 9.78 Å². The number of carboxylic acids is 1. The van der Waals surface area contributed by atoms with Crippen molar-refractivity contribution < 1.29 is 14.7 Å². The second-order valence-electron chi connectivity index (χ2n) is 7.45. The molecule has 4 rings (SSSR count). The molecule has 2 heterocycles. The van der Waals surface area contributed by atoms with E-state index in [9.17, 15) is 9.59 Å². The number of imidazole rings is 1. The molecule has 0 spiro atoms. The molecule has 1 saturated heterocycles. The highest BCUT2D eigenvalue weighted by atomic mass is 16.4. The fourth-order valence-electron chi connectivity index (χ4n) is 4.22. The van der Waals surface area contributed by atoms with E-state index < -0.39 is 5.97 Å². The molecule has 1 unspecified atom stereocenters. The molecule has 150 valence electrons. The maximum Gasteiger partial charge on any atom is 0.335 e. The Labute approximate surface area is 169 Å². The molecule has 1 aliphatic rings. The number of aromatic nitrogens is 2. The lowest BCUT2D eigenvalue weighted by Crippen LogP contribution is -2.32. The van der Waals surface area contributed by atoms with Crippen LogP contribution in [0.25, 0.3) is 11.0 Å². The first-order chi connectivity index (χ1) is 14.1. The molecule has 3 aromatic rings. The average Bonchev–Trinajstić information content (AvgIpc) is 3.36. The molecular weight excluding hydrogens is 366 g/mol. The van der Waals surface area contributed by atoms with E-state index in [0.717, 1.165) is 48.4 Å². The van der Waals surface area contributed by atoms with Gasteiger partial charge in [-0.05, 0) is 56.0 Å². The van der Waals surface area contributed by atoms with Gasteiger partial charge in [-0.2, -0.15) is 0 Å². The van der Waals surface area contributed by atoms with Gasteiger partial charge < -0.3 is 14.6 Å². The van der Waals surface area contributed by atoms with Gasteiger partial charge >= 0.3 is 5.97 Å². The van der Waals surface area contributed by atoms with Crippen LogP contribution < -0.4 is 0 Å². The molecular formula is C23H25N3O3. The van der Waals surface area contributed by atoms with Gasteiger partial charge in [-0.15, -0.1) is 0 Å². The number of aromatic carboxylic acids is 1. The Morgan fingerprint density at radius 1 is 1.14 bits per heavy atom. The number of hydrogen-bond donors (Lipinski definition) is 1. The number of amides is 1. The molecule has 1 amide bonds. The number of aryl methyl sites for hydroxylation is 2. The van der Waals surface area contributed by atoms with Crippen LogP contribution in [0.4, 0.5) is 0 Å². The summed E-state index contributed by atoms with van der Waals surface area (Å²) in [7, 11) is 0. The van der Waals surface area contributed by atoms with Gasteiger partial charge in [0, 0.05) is 19.5 Å². The summed E-state index contributed by atoms with van der Waals surface area (Å²) in [5.41, 5.74) is 3.32. The van der Waals surface area contributed by atoms with Crippen molar-refractivity contribution in [3.63, 3.8) is 0 Å². The van der Waals surface area contributed by atoms with E-state index in [4.69, 9.17) is 10.1 Å². The molecule has 29 heavy (non-hydrogen) atoms. The third-order valence-electron chi connectivity index (χ3n) is 5.70. The largest absolute Gasteiger partial charge is 0.478 e. The van der Waals surface area contributed by atoms with Crippen LogP contribution in [0.2, 0.25) is 0 Å². The summed E-state index contributed by atoms with van der Waals surface area (Å²) in [5, 5.41) is 9.00. The highest BCUT2D eigenvalue weighted by Gasteiger charge is 2.33. The lowest BCUT2D eigenvalue weighted by Gasteiger charge is -2.25. The van der Waals surface area contributed by atoms with E-state index in [1.165, 1.54) is 0 Å². The van der Waals surface area contributed by atoms with Crippen molar-refractivity contribution in [2.75, 3.05) is 6.54 Å². The number of hydrogen-bond acceptors (Lipinski definition) is 3. The molecule has 6 heteroatoms. The first kappa shape index (κ1) is 19.2. The number of rotatable bonds is 6. The second kappa shape index (κ2) is 8.07. The highest BCUT2D eigenvalue weighted by Crippen LogP contribution is 2.34. The zero-order valence-corrected chi connectivity index (χ0v) is 16.5. The van der Waals surface area contributed by atoms with Crippen LogP contribution in [0.15, 0.2) is 48.5 Å². The van der Waals surface area contributed by atoms with E-state index >= 15 is 0 Å². The Morgan fingerprint density at radius 3 is 2.62 bits per heavy atom. The molecule has 1 fully saturated rings. The van der Waals surface area contributed by atoms with E-state index in [1.807, 2.05) is 23.1 Å². The summed E-state index contributed by atoms with van der Waals surface area (Å²) in [5.74, 6) is 0.168. The number of likely N-dealkylation sites (tertiary alicyclic amines) is 1. The topological polar surface area (TPSA) is 75.4 Å². The Hall–Kier alpha value is -3.15. The smallest absolute Gasteiger partial charge is 0.335 e. The van der Waals surface area contributed by atoms with Gasteiger partial charge in [0.25, 0.3) is 0 Å². The van der Waals surface area contributed by atoms with Crippen molar-refractivity contribution in [1.82, 2.24) is 14.5 Å². The summed E-state index contributed by atoms with van der Waals surface area (Å²) in [6, 6.07) is 14.9. The van der Waals surface area contributed by atoms with E-state index in [1.54, 1.807) is 24.3 Å². The normalized spacial score (nSPS) is 16.4. The van der Waals surface area contributed by atoms with Crippen LogP contribution in [0.5, 0.6) is 0 Å². The molecule has 2 aromatic carbocycles. The van der Waals surface area contributed by atoms with Crippen LogP contribution in [0.3, 0.4) is 0 Å². The fourth-order valence-corrected chi connectivity index (χ4v) is 4.22. The standard InChI is InChI=1S/C23H25N3O3/c1-2-25-19-7-4-3-6-18(19)24-22(25)20-8-5-15-26(20)21(27)14-11-16-9-12-17(13-10-16)23(28)29/h3-4,6-7,9-10,12-13,20H,2,5,8,11,14-15H2,1H3,(H,28,29). The zero-order chi connectivity index (χ0) is 20.4. The third kappa shape index (κ3) is 3.75. The van der Waals surface area contributed by atoms with Crippen LogP contribution in [0.1, 0.15) is 54.0 Å². The first-order valence-corrected chi connectivity index (χ1v) is 10.2. The maximum atomic E-state index is 13.0. The average molecular weight is 391 g/mol. The number of carboxylic acid groups (broad SMARTS) is 1. The summed E-state index contributed by atoms with van der Waals surface area (Å²) in [6.07, 6.45) is 2.93. The third-order valence-corrected chi connectivity index (χ3v) is 5.70. The quantitative estimate of drug-likeness (QED) is 0.688. The molecule has 0 bridgehead atoms. The number of carbonyl (C=O) groups excluding carboxylic acids is 1. The molecule has 1 N–H and O–H groups in total. The molecule has 1 atom stereocenters. The van der Waals surface area contributed by atoms with Crippen molar-refractivity contribution in [1.29, 1.82) is 0 Å². The first-order valence-electron chi connectivity index (χ1n) is 10.2. The fraction of sp³-hybridized carbons (Fsp3) is 0.348. The number of para-hydroxylation sites is 2. The molecule has 0 aliphatic carbocycles. The SMILES string of the molecule is CCn1c(C2CCCN2C(=O)CCc2ccc(C(=O)O)cc2)nc2ccccc21. The van der Waals surface area contributed by atoms with E-state index in [0.29, 0.717) is 12.8 Å². The van der Waals surface area contributed by atoms with Gasteiger partial charge in [0.1, 0.15) is 5.82 Å². The van der Waals surface area contributed by atoms with Crippen molar-refractivity contribution in [3.05, 3.63) is 65.5 Å². The van der Waals surface area contributed by atoms with Gasteiger partial charge in [-0.3, -0.25) is 4.79 Å². The van der Waals surface area contributed by atoms with E-state index in [2.05, 4.69) is 17.6 Å². The summed E-state index contributed by atoms with van der Waals surface area (Å²) in [6.45, 7) is 3.69. The molecule has 1 aliphatic heterocycles. The lowest BCUT2D eigenvalue weighted by molar-refractivity contribution is -0.132. The predicted octanol–water partition coefficient (Wildman–Crippen LogP) is 4.05. The number of nitrogens with zero attached hydrogens (tertiary/aromatic N) is 3. The second-order valence-corrected chi connectivity index (χ2v) is 7.45. The van der Waals surface area contributed by atoms with Crippen LogP contribution in [-0.4, -0.2) is 38.0 Å². The predicted molar refractivity (Wildman–Crippen MR) is 111 cm³/mol. The minimum absolute atomic E-state index is 0.0178. The monoisotopic (exact) mass is 391 g/mol. The van der Waals surface area contributed by atoms with Gasteiger partial charge in [0.05, 0.1) is 22.6 Å². The lowest BCUT2D eigenvalue weighted by atomic mass is 10.1. The van der Waals surface area contributed by atoms with Crippen LogP contribution in [0, 0.1) is 0 Å². The summed E-state index contributed by atoms with van der Waals surface area (Å²) < 4.78 is 2.22. The summed E-state index contributed by atoms with van der Waals surface area (Å²) in [4.78, 5) is 30.8. The van der Waals surface area contributed by atoms with Crippen molar-refractivity contribution >= 4 is 22.9 Å². The van der Waals surface area contributed by atoms with Gasteiger partial charge in [0.2, 0.25) is 5.91 Å². The van der Waals surface area contributed by atoms with Crippen LogP contribution in [-0.2, 0) is 17.8 Å². The number of carbonyl (C=O) groups is 2. The Kier molecular flexibility index (Phi) is 5.34. The summed E-state index contributed by atoms with van der Waals surface area (Å²) >= 11 is 0. The Morgan fingerprint density at radius 2 is 1.90 bits per heavy atom. The van der Waals surface area contributed by atoms with Crippen molar-refractivity contribution in [3.8, 4) is 0 Å². The molecule has 0 radical (unpaired) electrons.